The second kappa shape index (κ2) is 11.2. The number of ether oxygens (including phenoxy) is 2. The Hall–Kier alpha value is -4.05. The highest BCUT2D eigenvalue weighted by Gasteiger charge is 2.18. The van der Waals surface area contributed by atoms with Crippen molar-refractivity contribution < 1.29 is 27.5 Å². The number of sulfonamides is 1. The molecule has 3 rings (SSSR count). The fraction of sp³-hybridized carbons (Fsp3) is 0.167. The highest BCUT2D eigenvalue weighted by atomic mass is 32.2. The van der Waals surface area contributed by atoms with Gasteiger partial charge in [-0.05, 0) is 55.0 Å². The Morgan fingerprint density at radius 2 is 1.68 bits per heavy atom. The normalized spacial score (nSPS) is 10.8. The van der Waals surface area contributed by atoms with Crippen molar-refractivity contribution in [2.75, 3.05) is 18.4 Å². The summed E-state index contributed by atoms with van der Waals surface area (Å²) in [5.74, 6) is -0.115. The second-order valence-electron chi connectivity index (χ2n) is 7.25. The molecule has 3 aromatic rings. The summed E-state index contributed by atoms with van der Waals surface area (Å²) < 4.78 is 38.7. The molecule has 2 amide bonds. The highest BCUT2D eigenvalue weighted by Crippen LogP contribution is 2.26. The summed E-state index contributed by atoms with van der Waals surface area (Å²) in [5, 5.41) is 0. The Labute approximate surface area is 198 Å². The van der Waals surface area contributed by atoms with Crippen LogP contribution in [0.15, 0.2) is 77.7 Å². The lowest BCUT2D eigenvalue weighted by atomic mass is 10.2. The molecule has 0 aliphatic rings. The lowest BCUT2D eigenvalue weighted by Gasteiger charge is -2.12. The summed E-state index contributed by atoms with van der Waals surface area (Å²) in [6.45, 7) is 2.07. The monoisotopic (exact) mass is 483 g/mol. The maximum atomic E-state index is 12.8. The van der Waals surface area contributed by atoms with Crippen molar-refractivity contribution in [3.63, 3.8) is 0 Å². The number of rotatable bonds is 9. The van der Waals surface area contributed by atoms with E-state index in [0.717, 1.165) is 5.56 Å². The molecule has 0 aromatic heterocycles. The Bertz CT molecular complexity index is 1280. The van der Waals surface area contributed by atoms with Crippen LogP contribution in [-0.4, -0.2) is 33.9 Å². The van der Waals surface area contributed by atoms with Crippen LogP contribution in [0.1, 0.15) is 22.3 Å². The molecule has 3 aromatic carbocycles. The largest absolute Gasteiger partial charge is 0.495 e. The molecule has 0 atom stereocenters. The molecule has 0 fully saturated rings. The van der Waals surface area contributed by atoms with Gasteiger partial charge in [0.2, 0.25) is 5.91 Å². The zero-order valence-electron chi connectivity index (χ0n) is 18.7. The molecule has 0 heterocycles. The van der Waals surface area contributed by atoms with Gasteiger partial charge in [-0.2, -0.15) is 0 Å². The number of para-hydroxylation sites is 2. The maximum Gasteiger partial charge on any atom is 0.269 e. The van der Waals surface area contributed by atoms with Crippen molar-refractivity contribution in [3.8, 4) is 11.5 Å². The fourth-order valence-corrected chi connectivity index (χ4v) is 4.08. The van der Waals surface area contributed by atoms with E-state index in [2.05, 4.69) is 15.6 Å². The lowest BCUT2D eigenvalue weighted by Crippen LogP contribution is -2.42. The summed E-state index contributed by atoms with van der Waals surface area (Å²) in [6.07, 6.45) is 0.0193. The van der Waals surface area contributed by atoms with Crippen LogP contribution in [0.3, 0.4) is 0 Å². The van der Waals surface area contributed by atoms with Crippen molar-refractivity contribution in [3.05, 3.63) is 83.9 Å². The maximum absolute atomic E-state index is 12.8. The van der Waals surface area contributed by atoms with Crippen LogP contribution >= 0.6 is 0 Å². The average Bonchev–Trinajstić information content (AvgIpc) is 2.83. The molecule has 0 radical (unpaired) electrons. The summed E-state index contributed by atoms with van der Waals surface area (Å²) in [7, 11) is -2.56. The van der Waals surface area contributed by atoms with Crippen LogP contribution in [0.2, 0.25) is 0 Å². The number of methoxy groups -OCH3 is 1. The molecular weight excluding hydrogens is 458 g/mol. The number of amides is 2. The number of hydrogen-bond acceptors (Lipinski definition) is 6. The molecule has 3 N–H and O–H groups in total. The minimum atomic E-state index is -3.99. The number of nitrogens with one attached hydrogen (secondary N) is 3. The van der Waals surface area contributed by atoms with Crippen LogP contribution in [-0.2, 0) is 14.8 Å². The number of benzene rings is 3. The Kier molecular flexibility index (Phi) is 8.10. The molecule has 10 heteroatoms. The van der Waals surface area contributed by atoms with Crippen LogP contribution in [0.25, 0.3) is 0 Å². The first-order valence-electron chi connectivity index (χ1n) is 10.3. The number of hydrogen-bond donors (Lipinski definition) is 3. The van der Waals surface area contributed by atoms with Crippen molar-refractivity contribution in [1.82, 2.24) is 10.9 Å². The van der Waals surface area contributed by atoms with Gasteiger partial charge in [0.25, 0.3) is 15.9 Å². The van der Waals surface area contributed by atoms with Crippen LogP contribution in [0.5, 0.6) is 11.5 Å². The third-order valence-corrected chi connectivity index (χ3v) is 6.02. The van der Waals surface area contributed by atoms with Gasteiger partial charge in [0.15, 0.2) is 0 Å². The van der Waals surface area contributed by atoms with Crippen molar-refractivity contribution in [2.24, 2.45) is 0 Å². The van der Waals surface area contributed by atoms with E-state index in [1.165, 1.54) is 31.4 Å². The molecule has 0 saturated carbocycles. The van der Waals surface area contributed by atoms with Gasteiger partial charge in [-0.1, -0.05) is 30.3 Å². The smallest absolute Gasteiger partial charge is 0.269 e. The first-order chi connectivity index (χ1) is 16.3. The van der Waals surface area contributed by atoms with Crippen LogP contribution in [0.4, 0.5) is 5.69 Å². The Morgan fingerprint density at radius 3 is 2.44 bits per heavy atom. The number of carbonyl (C=O) groups excluding carboxylic acids is 2. The Balaban J connectivity index is 1.56. The molecule has 0 aliphatic carbocycles. The Morgan fingerprint density at radius 1 is 0.912 bits per heavy atom. The topological polar surface area (TPSA) is 123 Å². The molecular formula is C24H25N3O6S. The van der Waals surface area contributed by atoms with Gasteiger partial charge in [-0.25, -0.2) is 8.42 Å². The van der Waals surface area contributed by atoms with E-state index < -0.39 is 21.8 Å². The first-order valence-corrected chi connectivity index (χ1v) is 11.8. The predicted molar refractivity (Wildman–Crippen MR) is 127 cm³/mol. The molecule has 0 aliphatic heterocycles. The van der Waals surface area contributed by atoms with E-state index in [1.54, 1.807) is 30.3 Å². The summed E-state index contributed by atoms with van der Waals surface area (Å²) in [6, 6.07) is 19.4. The molecule has 0 unspecified atom stereocenters. The molecule has 178 valence electrons. The molecule has 34 heavy (non-hydrogen) atoms. The summed E-state index contributed by atoms with van der Waals surface area (Å²) in [5.41, 5.74) is 5.92. The zero-order valence-corrected chi connectivity index (χ0v) is 19.5. The van der Waals surface area contributed by atoms with Crippen LogP contribution < -0.4 is 25.0 Å². The van der Waals surface area contributed by atoms with E-state index in [0.29, 0.717) is 11.5 Å². The van der Waals surface area contributed by atoms with E-state index >= 15 is 0 Å². The van der Waals surface area contributed by atoms with Gasteiger partial charge in [-0.15, -0.1) is 0 Å². The second-order valence-corrected chi connectivity index (χ2v) is 8.93. The predicted octanol–water partition coefficient (Wildman–Crippen LogP) is 3.03. The third kappa shape index (κ3) is 6.72. The minimum Gasteiger partial charge on any atom is -0.495 e. The van der Waals surface area contributed by atoms with E-state index in [-0.39, 0.29) is 29.2 Å². The molecule has 0 saturated heterocycles. The number of carbonyl (C=O) groups is 2. The molecule has 0 bridgehead atoms. The van der Waals surface area contributed by atoms with Gasteiger partial charge in [0, 0.05) is 5.56 Å². The highest BCUT2D eigenvalue weighted by molar-refractivity contribution is 7.92. The number of anilines is 1. The fourth-order valence-electron chi connectivity index (χ4n) is 2.96. The molecule has 9 nitrogen and oxygen atoms in total. The van der Waals surface area contributed by atoms with E-state index in [1.807, 2.05) is 25.1 Å². The van der Waals surface area contributed by atoms with Gasteiger partial charge in [0.05, 0.1) is 30.7 Å². The van der Waals surface area contributed by atoms with Crippen molar-refractivity contribution >= 4 is 27.5 Å². The minimum absolute atomic E-state index is 0.0193. The zero-order chi connectivity index (χ0) is 24.6. The summed E-state index contributed by atoms with van der Waals surface area (Å²) in [4.78, 5) is 24.3. The van der Waals surface area contributed by atoms with Gasteiger partial charge in [0.1, 0.15) is 11.5 Å². The van der Waals surface area contributed by atoms with E-state index in [9.17, 15) is 18.0 Å². The number of hydrazine groups is 1. The van der Waals surface area contributed by atoms with Gasteiger partial charge >= 0.3 is 0 Å². The SMILES string of the molecule is COc1ccccc1NS(=O)(=O)c1cccc(C(=O)NNC(=O)CCOc2cccc(C)c2)c1. The van der Waals surface area contributed by atoms with Gasteiger partial charge in [-0.3, -0.25) is 25.2 Å². The quantitative estimate of drug-likeness (QED) is 0.402. The number of aryl methyl sites for hydroxylation is 1. The standard InChI is InChI=1S/C24H25N3O6S/c1-17-7-5-9-19(15-17)33-14-13-23(28)25-26-24(29)18-8-6-10-20(16-18)34(30,31)27-21-11-3-4-12-22(21)32-2/h3-12,15-16,27H,13-14H2,1-2H3,(H,25,28)(H,26,29). The third-order valence-electron chi connectivity index (χ3n) is 4.66. The first kappa shape index (κ1) is 24.6. The van der Waals surface area contributed by atoms with Crippen LogP contribution in [0, 0.1) is 6.92 Å². The van der Waals surface area contributed by atoms with Crippen molar-refractivity contribution in [2.45, 2.75) is 18.2 Å². The van der Waals surface area contributed by atoms with Crippen molar-refractivity contribution in [1.29, 1.82) is 0 Å². The molecule has 0 spiro atoms. The lowest BCUT2D eigenvalue weighted by molar-refractivity contribution is -0.122. The average molecular weight is 484 g/mol. The van der Waals surface area contributed by atoms with Gasteiger partial charge < -0.3 is 9.47 Å². The van der Waals surface area contributed by atoms with E-state index in [4.69, 9.17) is 9.47 Å². The summed E-state index contributed by atoms with van der Waals surface area (Å²) >= 11 is 0.